The summed E-state index contributed by atoms with van der Waals surface area (Å²) in [5.41, 5.74) is 0.537. The molecular weight excluding hydrogens is 336 g/mol. The first-order valence-electron chi connectivity index (χ1n) is 6.70. The Morgan fingerprint density at radius 3 is 2.48 bits per heavy atom. The molecule has 0 aliphatic rings. The van der Waals surface area contributed by atoms with Gasteiger partial charge in [0.1, 0.15) is 0 Å². The molecule has 2 aromatic carbocycles. The molecule has 0 atom stereocenters. The minimum Gasteiger partial charge on any atom is -0.349 e. The van der Waals surface area contributed by atoms with E-state index in [0.29, 0.717) is 6.54 Å². The maximum absolute atomic E-state index is 12.2. The van der Waals surface area contributed by atoms with Crippen molar-refractivity contribution in [2.45, 2.75) is 4.90 Å². The van der Waals surface area contributed by atoms with Crippen LogP contribution in [0, 0.1) is 0 Å². The summed E-state index contributed by atoms with van der Waals surface area (Å²) in [5, 5.41) is 2.76. The zero-order chi connectivity index (χ0) is 16.9. The number of carbonyl (C=O) groups excluding carboxylic acids is 1. The summed E-state index contributed by atoms with van der Waals surface area (Å²) >= 11 is 6.06. The fourth-order valence-corrected chi connectivity index (χ4v) is 3.17. The third-order valence-electron chi connectivity index (χ3n) is 2.93. The van der Waals surface area contributed by atoms with Gasteiger partial charge in [0, 0.05) is 6.54 Å². The molecule has 0 spiro atoms. The molecule has 0 unspecified atom stereocenters. The Morgan fingerprint density at radius 2 is 1.87 bits per heavy atom. The monoisotopic (exact) mass is 350 g/mol. The van der Waals surface area contributed by atoms with Gasteiger partial charge in [-0.15, -0.1) is 6.58 Å². The van der Waals surface area contributed by atoms with Crippen LogP contribution in [0.25, 0.3) is 0 Å². The highest BCUT2D eigenvalue weighted by Crippen LogP contribution is 2.23. The minimum absolute atomic E-state index is 0.143. The van der Waals surface area contributed by atoms with Crippen LogP contribution in [0.15, 0.2) is 66.1 Å². The molecule has 0 heterocycles. The lowest BCUT2D eigenvalue weighted by atomic mass is 10.2. The zero-order valence-electron chi connectivity index (χ0n) is 12.1. The van der Waals surface area contributed by atoms with Gasteiger partial charge in [0.15, 0.2) is 0 Å². The average molecular weight is 351 g/mol. The van der Waals surface area contributed by atoms with E-state index in [1.165, 1.54) is 30.3 Å². The molecule has 0 aromatic heterocycles. The number of anilines is 1. The molecule has 1 amide bonds. The van der Waals surface area contributed by atoms with Crippen LogP contribution in [0.3, 0.4) is 0 Å². The van der Waals surface area contributed by atoms with Crippen molar-refractivity contribution in [2.24, 2.45) is 0 Å². The Kier molecular flexibility index (Phi) is 5.41. The van der Waals surface area contributed by atoms with Crippen molar-refractivity contribution in [3.63, 3.8) is 0 Å². The number of halogens is 1. The first-order chi connectivity index (χ1) is 10.9. The van der Waals surface area contributed by atoms with Gasteiger partial charge in [0.05, 0.1) is 21.2 Å². The molecule has 5 nitrogen and oxygen atoms in total. The van der Waals surface area contributed by atoms with E-state index in [1.807, 2.05) is 0 Å². The standard InChI is InChI=1S/C16H15ClN2O3S/c1-2-10-18-16(20)14-9-8-12(11-15(14)17)19-23(21,22)13-6-4-3-5-7-13/h2-9,11,19H,1,10H2,(H,18,20). The molecule has 0 fully saturated rings. The van der Waals surface area contributed by atoms with Gasteiger partial charge < -0.3 is 5.32 Å². The van der Waals surface area contributed by atoms with Crippen molar-refractivity contribution >= 4 is 33.2 Å². The quantitative estimate of drug-likeness (QED) is 0.786. The predicted molar refractivity (Wildman–Crippen MR) is 91.2 cm³/mol. The Bertz CT molecular complexity index is 820. The van der Waals surface area contributed by atoms with Crippen molar-refractivity contribution in [1.82, 2.24) is 5.32 Å². The number of amides is 1. The van der Waals surface area contributed by atoms with Crippen LogP contribution in [0.5, 0.6) is 0 Å². The van der Waals surface area contributed by atoms with Gasteiger partial charge in [-0.1, -0.05) is 35.9 Å². The molecule has 0 aliphatic carbocycles. The second kappa shape index (κ2) is 7.30. The Morgan fingerprint density at radius 1 is 1.17 bits per heavy atom. The second-order valence-corrected chi connectivity index (χ2v) is 6.70. The lowest BCUT2D eigenvalue weighted by Gasteiger charge is -2.10. The molecule has 0 aliphatic heterocycles. The first-order valence-corrected chi connectivity index (χ1v) is 8.56. The van der Waals surface area contributed by atoms with Crippen LogP contribution in [0.2, 0.25) is 5.02 Å². The van der Waals surface area contributed by atoms with Crippen LogP contribution in [0.1, 0.15) is 10.4 Å². The van der Waals surface area contributed by atoms with Crippen LogP contribution in [-0.4, -0.2) is 20.9 Å². The second-order valence-electron chi connectivity index (χ2n) is 4.61. The molecule has 0 bridgehead atoms. The van der Waals surface area contributed by atoms with Crippen molar-refractivity contribution in [3.8, 4) is 0 Å². The fraction of sp³-hybridized carbons (Fsp3) is 0.0625. The van der Waals surface area contributed by atoms with E-state index in [1.54, 1.807) is 24.3 Å². The zero-order valence-corrected chi connectivity index (χ0v) is 13.7. The van der Waals surface area contributed by atoms with E-state index in [9.17, 15) is 13.2 Å². The molecule has 7 heteroatoms. The topological polar surface area (TPSA) is 75.3 Å². The van der Waals surface area contributed by atoms with Gasteiger partial charge in [-0.05, 0) is 30.3 Å². The van der Waals surface area contributed by atoms with Crippen LogP contribution in [0.4, 0.5) is 5.69 Å². The van der Waals surface area contributed by atoms with Crippen molar-refractivity contribution < 1.29 is 13.2 Å². The fourth-order valence-electron chi connectivity index (χ4n) is 1.84. The molecule has 0 saturated carbocycles. The lowest BCUT2D eigenvalue weighted by molar-refractivity contribution is 0.0958. The number of sulfonamides is 1. The van der Waals surface area contributed by atoms with Gasteiger partial charge in [-0.2, -0.15) is 0 Å². The minimum atomic E-state index is -3.70. The Hall–Kier alpha value is -2.31. The van der Waals surface area contributed by atoms with E-state index in [4.69, 9.17) is 11.6 Å². The van der Waals surface area contributed by atoms with Gasteiger partial charge in [-0.25, -0.2) is 8.42 Å². The van der Waals surface area contributed by atoms with E-state index >= 15 is 0 Å². The molecule has 23 heavy (non-hydrogen) atoms. The highest BCUT2D eigenvalue weighted by Gasteiger charge is 2.15. The molecule has 2 N–H and O–H groups in total. The van der Waals surface area contributed by atoms with Gasteiger partial charge >= 0.3 is 0 Å². The van der Waals surface area contributed by atoms with Crippen molar-refractivity contribution in [1.29, 1.82) is 0 Å². The Balaban J connectivity index is 2.21. The highest BCUT2D eigenvalue weighted by molar-refractivity contribution is 7.92. The summed E-state index contributed by atoms with van der Waals surface area (Å²) < 4.78 is 26.9. The van der Waals surface area contributed by atoms with Crippen LogP contribution >= 0.6 is 11.6 Å². The van der Waals surface area contributed by atoms with Gasteiger partial charge in [-0.3, -0.25) is 9.52 Å². The largest absolute Gasteiger partial charge is 0.349 e. The smallest absolute Gasteiger partial charge is 0.261 e. The molecule has 120 valence electrons. The number of nitrogens with one attached hydrogen (secondary N) is 2. The number of rotatable bonds is 6. The number of hydrogen-bond donors (Lipinski definition) is 2. The number of benzene rings is 2. The predicted octanol–water partition coefficient (Wildman–Crippen LogP) is 3.06. The summed E-state index contributed by atoms with van der Waals surface area (Å²) in [6.45, 7) is 3.82. The third kappa shape index (κ3) is 4.34. The highest BCUT2D eigenvalue weighted by atomic mass is 35.5. The SMILES string of the molecule is C=CCNC(=O)c1ccc(NS(=O)(=O)c2ccccc2)cc1Cl. The lowest BCUT2D eigenvalue weighted by Crippen LogP contribution is -2.23. The summed E-state index contributed by atoms with van der Waals surface area (Å²) in [6, 6.07) is 12.3. The maximum Gasteiger partial charge on any atom is 0.261 e. The molecular formula is C16H15ClN2O3S. The van der Waals surface area contributed by atoms with Gasteiger partial charge in [0.25, 0.3) is 15.9 Å². The van der Waals surface area contributed by atoms with Crippen LogP contribution < -0.4 is 10.0 Å². The molecule has 0 saturated heterocycles. The van der Waals surface area contributed by atoms with Crippen molar-refractivity contribution in [3.05, 3.63) is 71.8 Å². The van der Waals surface area contributed by atoms with E-state index in [2.05, 4.69) is 16.6 Å². The first kappa shape index (κ1) is 17.1. The summed E-state index contributed by atoms with van der Waals surface area (Å²) in [6.07, 6.45) is 1.55. The van der Waals surface area contributed by atoms with E-state index in [-0.39, 0.29) is 27.1 Å². The number of hydrogen-bond acceptors (Lipinski definition) is 3. The number of carbonyl (C=O) groups is 1. The van der Waals surface area contributed by atoms with E-state index in [0.717, 1.165) is 0 Å². The summed E-state index contributed by atoms with van der Waals surface area (Å²) in [7, 11) is -3.70. The van der Waals surface area contributed by atoms with E-state index < -0.39 is 10.0 Å². The maximum atomic E-state index is 12.2. The van der Waals surface area contributed by atoms with Crippen LogP contribution in [-0.2, 0) is 10.0 Å². The molecule has 2 rings (SSSR count). The third-order valence-corrected chi connectivity index (χ3v) is 4.64. The normalized spacial score (nSPS) is 10.8. The average Bonchev–Trinajstić information content (AvgIpc) is 2.53. The Labute approximate surface area is 140 Å². The molecule has 0 radical (unpaired) electrons. The van der Waals surface area contributed by atoms with Gasteiger partial charge in [0.2, 0.25) is 0 Å². The summed E-state index contributed by atoms with van der Waals surface area (Å²) in [4.78, 5) is 12.0. The van der Waals surface area contributed by atoms with Crippen molar-refractivity contribution in [2.75, 3.05) is 11.3 Å². The molecule has 2 aromatic rings. The summed E-state index contributed by atoms with van der Waals surface area (Å²) in [5.74, 6) is -0.354.